The Morgan fingerprint density at radius 1 is 0.966 bits per heavy atom. The Labute approximate surface area is 163 Å². The summed E-state index contributed by atoms with van der Waals surface area (Å²) in [5.41, 5.74) is 3.04. The number of nitrogens with zero attached hydrogens (tertiary/aromatic N) is 2. The van der Waals surface area contributed by atoms with E-state index in [4.69, 9.17) is 0 Å². The van der Waals surface area contributed by atoms with E-state index in [9.17, 15) is 18.0 Å². The van der Waals surface area contributed by atoms with Crippen molar-refractivity contribution in [2.75, 3.05) is 5.32 Å². The molecule has 1 aliphatic rings. The molecule has 0 saturated heterocycles. The number of amides is 1. The molecule has 1 N–H and O–H groups in total. The number of benzene rings is 2. The van der Waals surface area contributed by atoms with Crippen LogP contribution in [0.15, 0.2) is 66.7 Å². The summed E-state index contributed by atoms with van der Waals surface area (Å²) in [6, 6.07) is 19.0. The number of aromatic nitrogens is 2. The molecule has 0 radical (unpaired) electrons. The highest BCUT2D eigenvalue weighted by atomic mass is 19.4. The molecule has 144 valence electrons. The molecular weight excluding hydrogens is 379 g/mol. The van der Waals surface area contributed by atoms with Crippen molar-refractivity contribution in [1.29, 1.82) is 0 Å². The molecule has 0 saturated carbocycles. The largest absolute Gasteiger partial charge is 0.433 e. The number of hydrogen-bond donors (Lipinski definition) is 1. The van der Waals surface area contributed by atoms with Gasteiger partial charge in [0.1, 0.15) is 11.3 Å². The Morgan fingerprint density at radius 3 is 2.52 bits per heavy atom. The van der Waals surface area contributed by atoms with Crippen molar-refractivity contribution < 1.29 is 18.0 Å². The minimum atomic E-state index is -4.54. The van der Waals surface area contributed by atoms with Crippen LogP contribution in [-0.4, -0.2) is 15.5 Å². The normalized spacial score (nSPS) is 13.6. The molecule has 5 rings (SSSR count). The molecular formula is C22H14F3N3O. The van der Waals surface area contributed by atoms with Crippen LogP contribution in [0.3, 0.4) is 0 Å². The van der Waals surface area contributed by atoms with Crippen molar-refractivity contribution in [1.82, 2.24) is 9.55 Å². The average Bonchev–Trinajstić information content (AvgIpc) is 3.26. The van der Waals surface area contributed by atoms with E-state index in [0.29, 0.717) is 11.1 Å². The van der Waals surface area contributed by atoms with E-state index < -0.39 is 11.9 Å². The van der Waals surface area contributed by atoms with E-state index in [-0.39, 0.29) is 18.0 Å². The van der Waals surface area contributed by atoms with Gasteiger partial charge in [0.15, 0.2) is 0 Å². The topological polar surface area (TPSA) is 46.9 Å². The van der Waals surface area contributed by atoms with E-state index in [1.807, 2.05) is 42.5 Å². The summed E-state index contributed by atoms with van der Waals surface area (Å²) >= 11 is 0. The van der Waals surface area contributed by atoms with Crippen molar-refractivity contribution in [2.45, 2.75) is 12.6 Å². The number of carbonyl (C=O) groups is 1. The lowest BCUT2D eigenvalue weighted by molar-refractivity contribution is -0.141. The number of hydrogen-bond acceptors (Lipinski definition) is 2. The second kappa shape index (κ2) is 6.20. The summed E-state index contributed by atoms with van der Waals surface area (Å²) in [4.78, 5) is 15.6. The molecule has 0 fully saturated rings. The van der Waals surface area contributed by atoms with Gasteiger partial charge in [0.25, 0.3) is 0 Å². The second-order valence-corrected chi connectivity index (χ2v) is 6.90. The van der Waals surface area contributed by atoms with Crippen LogP contribution in [-0.2, 0) is 17.4 Å². The smallest absolute Gasteiger partial charge is 0.326 e. The van der Waals surface area contributed by atoms with Gasteiger partial charge in [-0.05, 0) is 47.5 Å². The summed E-state index contributed by atoms with van der Waals surface area (Å²) in [6.07, 6.45) is -4.30. The molecule has 29 heavy (non-hydrogen) atoms. The first-order valence-corrected chi connectivity index (χ1v) is 8.98. The fraction of sp³-hybridized carbons (Fsp3) is 0.0909. The Bertz CT molecular complexity index is 1260. The van der Waals surface area contributed by atoms with Crippen molar-refractivity contribution in [2.24, 2.45) is 0 Å². The molecule has 7 heteroatoms. The second-order valence-electron chi connectivity index (χ2n) is 6.90. The minimum absolute atomic E-state index is 0.102. The van der Waals surface area contributed by atoms with Crippen LogP contribution in [0.1, 0.15) is 11.3 Å². The van der Waals surface area contributed by atoms with Crippen molar-refractivity contribution >= 4 is 22.6 Å². The van der Waals surface area contributed by atoms with Gasteiger partial charge in [-0.2, -0.15) is 13.2 Å². The molecule has 0 spiro atoms. The predicted molar refractivity (Wildman–Crippen MR) is 104 cm³/mol. The Kier molecular flexibility index (Phi) is 3.74. The fourth-order valence-electron chi connectivity index (χ4n) is 3.67. The molecule has 3 heterocycles. The number of carbonyl (C=O) groups excluding carboxylic acids is 1. The van der Waals surface area contributed by atoms with Crippen molar-refractivity contribution in [3.8, 4) is 16.9 Å². The van der Waals surface area contributed by atoms with Crippen LogP contribution in [0.2, 0.25) is 0 Å². The zero-order valence-electron chi connectivity index (χ0n) is 15.0. The highest BCUT2D eigenvalue weighted by Crippen LogP contribution is 2.35. The Balaban J connectivity index is 1.79. The zero-order chi connectivity index (χ0) is 20.2. The van der Waals surface area contributed by atoms with Crippen LogP contribution >= 0.6 is 0 Å². The van der Waals surface area contributed by atoms with Crippen molar-refractivity contribution in [3.05, 3.63) is 78.0 Å². The first-order valence-electron chi connectivity index (χ1n) is 8.98. The number of pyridine rings is 1. The third-order valence-corrected chi connectivity index (χ3v) is 4.98. The molecule has 2 aromatic heterocycles. The van der Waals surface area contributed by atoms with E-state index in [1.54, 1.807) is 16.7 Å². The molecule has 2 aromatic carbocycles. The standard InChI is InChI=1S/C22H14F3N3O/c23-22(24,25)19-9-6-14-11-18(13-4-2-1-3-5-13)28(21(14)27-19)16-7-8-17-15(10-16)12-20(29)26-17/h1-11H,12H2,(H,26,29). The molecule has 0 atom stereocenters. The van der Waals surface area contributed by atoms with Gasteiger partial charge < -0.3 is 5.32 Å². The highest BCUT2D eigenvalue weighted by molar-refractivity contribution is 5.99. The summed E-state index contributed by atoms with van der Waals surface area (Å²) in [5.74, 6) is -0.102. The highest BCUT2D eigenvalue weighted by Gasteiger charge is 2.33. The van der Waals surface area contributed by atoms with Crippen LogP contribution in [0.5, 0.6) is 0 Å². The number of nitrogens with one attached hydrogen (secondary N) is 1. The molecule has 0 unspecified atom stereocenters. The third-order valence-electron chi connectivity index (χ3n) is 4.98. The fourth-order valence-corrected chi connectivity index (χ4v) is 3.67. The van der Waals surface area contributed by atoms with Crippen LogP contribution < -0.4 is 5.32 Å². The molecule has 1 amide bonds. The predicted octanol–water partition coefficient (Wildman–Crippen LogP) is 5.21. The molecule has 0 bridgehead atoms. The lowest BCUT2D eigenvalue weighted by Gasteiger charge is -2.13. The first kappa shape index (κ1) is 17.5. The number of alkyl halides is 3. The zero-order valence-corrected chi connectivity index (χ0v) is 15.0. The number of fused-ring (bicyclic) bond motifs is 2. The van der Waals surface area contributed by atoms with E-state index in [0.717, 1.165) is 28.6 Å². The van der Waals surface area contributed by atoms with Gasteiger partial charge in [-0.1, -0.05) is 30.3 Å². The van der Waals surface area contributed by atoms with Gasteiger partial charge in [0.2, 0.25) is 5.91 Å². The van der Waals surface area contributed by atoms with Crippen LogP contribution in [0.4, 0.5) is 18.9 Å². The molecule has 1 aliphatic heterocycles. The van der Waals surface area contributed by atoms with Gasteiger partial charge in [0.05, 0.1) is 12.1 Å². The monoisotopic (exact) mass is 393 g/mol. The molecule has 0 aliphatic carbocycles. The van der Waals surface area contributed by atoms with Gasteiger partial charge in [0, 0.05) is 16.8 Å². The van der Waals surface area contributed by atoms with E-state index in [1.165, 1.54) is 6.07 Å². The maximum absolute atomic E-state index is 13.3. The lowest BCUT2D eigenvalue weighted by atomic mass is 10.1. The molecule has 4 nitrogen and oxygen atoms in total. The van der Waals surface area contributed by atoms with Gasteiger partial charge in [-0.25, -0.2) is 4.98 Å². The minimum Gasteiger partial charge on any atom is -0.326 e. The van der Waals surface area contributed by atoms with Gasteiger partial charge in [-0.15, -0.1) is 0 Å². The summed E-state index contributed by atoms with van der Waals surface area (Å²) in [6.45, 7) is 0. The summed E-state index contributed by atoms with van der Waals surface area (Å²) in [5, 5.41) is 3.37. The lowest BCUT2D eigenvalue weighted by Crippen LogP contribution is -2.09. The SMILES string of the molecule is O=C1Cc2cc(-n3c(-c4ccccc4)cc4ccc(C(F)(F)F)nc43)ccc2N1. The Hall–Kier alpha value is -3.61. The maximum Gasteiger partial charge on any atom is 0.433 e. The van der Waals surface area contributed by atoms with E-state index in [2.05, 4.69) is 10.3 Å². The number of anilines is 1. The number of rotatable bonds is 2. The van der Waals surface area contributed by atoms with E-state index >= 15 is 0 Å². The molecule has 4 aromatic rings. The quantitative estimate of drug-likeness (QED) is 0.508. The summed E-state index contributed by atoms with van der Waals surface area (Å²) in [7, 11) is 0. The van der Waals surface area contributed by atoms with Gasteiger partial charge in [-0.3, -0.25) is 9.36 Å². The maximum atomic E-state index is 13.3. The first-order chi connectivity index (χ1) is 13.9. The van der Waals surface area contributed by atoms with Crippen molar-refractivity contribution in [3.63, 3.8) is 0 Å². The average molecular weight is 393 g/mol. The summed E-state index contributed by atoms with van der Waals surface area (Å²) < 4.78 is 41.6. The van der Waals surface area contributed by atoms with Gasteiger partial charge >= 0.3 is 6.18 Å². The third kappa shape index (κ3) is 2.95. The van der Waals surface area contributed by atoms with Crippen LogP contribution in [0.25, 0.3) is 28.0 Å². The number of halogens is 3. The Morgan fingerprint density at radius 2 is 1.76 bits per heavy atom. The van der Waals surface area contributed by atoms with Crippen LogP contribution in [0, 0.1) is 0 Å².